The van der Waals surface area contributed by atoms with Crippen molar-refractivity contribution in [3.63, 3.8) is 0 Å². The lowest BCUT2D eigenvalue weighted by Crippen LogP contribution is -2.40. The van der Waals surface area contributed by atoms with Gasteiger partial charge >= 0.3 is 0 Å². The van der Waals surface area contributed by atoms with Crippen molar-refractivity contribution in [3.05, 3.63) is 29.3 Å². The third-order valence-corrected chi connectivity index (χ3v) is 4.88. The fourth-order valence-electron chi connectivity index (χ4n) is 3.47. The number of hydrogen-bond donors (Lipinski definition) is 2. The fourth-order valence-corrected chi connectivity index (χ4v) is 3.47. The number of aryl methyl sites for hydroxylation is 1. The Morgan fingerprint density at radius 2 is 2.05 bits per heavy atom. The standard InChI is InChI=1S/C18H28N2O2/c1-18(2)8-7-13-11-14(5-6-16(13)22-18)17(21)15(19)12-20-9-3-4-10-20/h5-6,11,15,17,21H,3-4,7-10,12,19H2,1-2H3/t15-,17?/m1/s1. The molecule has 0 saturated carbocycles. The van der Waals surface area contributed by atoms with Gasteiger partial charge in [0.2, 0.25) is 0 Å². The number of nitrogens with zero attached hydrogens (tertiary/aromatic N) is 1. The number of ether oxygens (including phenoxy) is 1. The lowest BCUT2D eigenvalue weighted by molar-refractivity contribution is 0.0841. The van der Waals surface area contributed by atoms with E-state index < -0.39 is 6.10 Å². The molecule has 3 N–H and O–H groups in total. The van der Waals surface area contributed by atoms with E-state index in [2.05, 4.69) is 24.8 Å². The van der Waals surface area contributed by atoms with E-state index in [4.69, 9.17) is 10.5 Å². The number of rotatable bonds is 4. The van der Waals surface area contributed by atoms with Crippen LogP contribution in [-0.4, -0.2) is 41.3 Å². The summed E-state index contributed by atoms with van der Waals surface area (Å²) in [6.45, 7) is 7.21. The van der Waals surface area contributed by atoms with Crippen LogP contribution in [-0.2, 0) is 6.42 Å². The molecule has 1 saturated heterocycles. The van der Waals surface area contributed by atoms with E-state index in [1.54, 1.807) is 0 Å². The predicted molar refractivity (Wildman–Crippen MR) is 88.1 cm³/mol. The fraction of sp³-hybridized carbons (Fsp3) is 0.667. The number of hydrogen-bond acceptors (Lipinski definition) is 4. The van der Waals surface area contributed by atoms with Gasteiger partial charge in [-0.3, -0.25) is 0 Å². The monoisotopic (exact) mass is 304 g/mol. The highest BCUT2D eigenvalue weighted by atomic mass is 16.5. The minimum Gasteiger partial charge on any atom is -0.488 e. The van der Waals surface area contributed by atoms with Gasteiger partial charge in [0.15, 0.2) is 0 Å². The molecular weight excluding hydrogens is 276 g/mol. The van der Waals surface area contributed by atoms with Crippen LogP contribution in [0.5, 0.6) is 5.75 Å². The number of benzene rings is 1. The molecule has 2 aliphatic heterocycles. The van der Waals surface area contributed by atoms with Crippen LogP contribution in [0.2, 0.25) is 0 Å². The molecule has 22 heavy (non-hydrogen) atoms. The number of aliphatic hydroxyl groups excluding tert-OH is 1. The molecule has 0 spiro atoms. The Hall–Kier alpha value is -1.10. The molecule has 2 atom stereocenters. The van der Waals surface area contributed by atoms with Crippen LogP contribution in [0, 0.1) is 0 Å². The zero-order valence-electron chi connectivity index (χ0n) is 13.7. The summed E-state index contributed by atoms with van der Waals surface area (Å²) in [6.07, 6.45) is 3.87. The first-order valence-electron chi connectivity index (χ1n) is 8.42. The Morgan fingerprint density at radius 1 is 1.32 bits per heavy atom. The zero-order valence-corrected chi connectivity index (χ0v) is 13.7. The van der Waals surface area contributed by atoms with Crippen molar-refractivity contribution in [3.8, 4) is 5.75 Å². The van der Waals surface area contributed by atoms with Crippen molar-refractivity contribution in [1.82, 2.24) is 4.90 Å². The molecule has 1 aromatic carbocycles. The maximum atomic E-state index is 10.6. The molecule has 0 bridgehead atoms. The molecule has 1 unspecified atom stereocenters. The second-order valence-electron chi connectivity index (χ2n) is 7.35. The highest BCUT2D eigenvalue weighted by Gasteiger charge is 2.28. The van der Waals surface area contributed by atoms with Gasteiger partial charge in [0.05, 0.1) is 6.10 Å². The van der Waals surface area contributed by atoms with Crippen molar-refractivity contribution in [1.29, 1.82) is 0 Å². The first kappa shape index (κ1) is 15.8. The normalized spacial score (nSPS) is 23.6. The van der Waals surface area contributed by atoms with Gasteiger partial charge in [-0.25, -0.2) is 0 Å². The minimum atomic E-state index is -0.610. The summed E-state index contributed by atoms with van der Waals surface area (Å²) in [5.41, 5.74) is 8.22. The van der Waals surface area contributed by atoms with E-state index in [9.17, 15) is 5.11 Å². The highest BCUT2D eigenvalue weighted by Crippen LogP contribution is 2.34. The van der Waals surface area contributed by atoms with Gasteiger partial charge in [0.25, 0.3) is 0 Å². The van der Waals surface area contributed by atoms with Gasteiger partial charge in [-0.15, -0.1) is 0 Å². The van der Waals surface area contributed by atoms with Crippen LogP contribution in [0.1, 0.15) is 50.3 Å². The van der Waals surface area contributed by atoms with Crippen molar-refractivity contribution >= 4 is 0 Å². The lowest BCUT2D eigenvalue weighted by atomic mass is 9.91. The largest absolute Gasteiger partial charge is 0.488 e. The van der Waals surface area contributed by atoms with Gasteiger partial charge in [-0.2, -0.15) is 0 Å². The second kappa shape index (κ2) is 6.19. The molecule has 4 nitrogen and oxygen atoms in total. The smallest absolute Gasteiger partial charge is 0.123 e. The number of fused-ring (bicyclic) bond motifs is 1. The molecule has 2 heterocycles. The molecule has 0 radical (unpaired) electrons. The molecule has 3 rings (SSSR count). The van der Waals surface area contributed by atoms with Gasteiger partial charge in [0.1, 0.15) is 11.4 Å². The van der Waals surface area contributed by atoms with E-state index in [0.29, 0.717) is 0 Å². The van der Waals surface area contributed by atoms with Crippen LogP contribution < -0.4 is 10.5 Å². The van der Waals surface area contributed by atoms with Crippen molar-refractivity contribution < 1.29 is 9.84 Å². The Morgan fingerprint density at radius 3 is 2.77 bits per heavy atom. The van der Waals surface area contributed by atoms with Gasteiger partial charge in [-0.1, -0.05) is 6.07 Å². The maximum Gasteiger partial charge on any atom is 0.123 e. The average Bonchev–Trinajstić information content (AvgIpc) is 2.98. The molecule has 1 fully saturated rings. The van der Waals surface area contributed by atoms with Gasteiger partial charge < -0.3 is 20.5 Å². The summed E-state index contributed by atoms with van der Waals surface area (Å²) in [7, 11) is 0. The Balaban J connectivity index is 1.69. The van der Waals surface area contributed by atoms with Gasteiger partial charge in [-0.05, 0) is 75.9 Å². The van der Waals surface area contributed by atoms with E-state index in [1.165, 1.54) is 18.4 Å². The summed E-state index contributed by atoms with van der Waals surface area (Å²) in [6, 6.07) is 5.77. The Kier molecular flexibility index (Phi) is 4.44. The molecule has 2 aliphatic rings. The van der Waals surface area contributed by atoms with Crippen LogP contribution in [0.25, 0.3) is 0 Å². The van der Waals surface area contributed by atoms with E-state index in [1.807, 2.05) is 12.1 Å². The zero-order chi connectivity index (χ0) is 15.7. The number of aliphatic hydroxyl groups is 1. The molecular formula is C18H28N2O2. The van der Waals surface area contributed by atoms with Crippen LogP contribution in [0.3, 0.4) is 0 Å². The summed E-state index contributed by atoms with van der Waals surface area (Å²) in [5.74, 6) is 0.945. The van der Waals surface area contributed by atoms with E-state index in [-0.39, 0.29) is 11.6 Å². The Labute approximate surface area is 133 Å². The topological polar surface area (TPSA) is 58.7 Å². The SMILES string of the molecule is CC1(C)CCc2cc(C(O)[C@H](N)CN3CCCC3)ccc2O1. The first-order chi connectivity index (χ1) is 10.4. The van der Waals surface area contributed by atoms with Crippen molar-refractivity contribution in [2.45, 2.75) is 57.3 Å². The van der Waals surface area contributed by atoms with Crippen molar-refractivity contribution in [2.75, 3.05) is 19.6 Å². The molecule has 0 amide bonds. The Bertz CT molecular complexity index is 524. The van der Waals surface area contributed by atoms with Crippen molar-refractivity contribution in [2.24, 2.45) is 5.73 Å². The molecule has 4 heteroatoms. The average molecular weight is 304 g/mol. The van der Waals surface area contributed by atoms with Crippen LogP contribution in [0.15, 0.2) is 18.2 Å². The van der Waals surface area contributed by atoms with E-state index in [0.717, 1.165) is 43.8 Å². The molecule has 0 aliphatic carbocycles. The third-order valence-electron chi connectivity index (χ3n) is 4.88. The van der Waals surface area contributed by atoms with Gasteiger partial charge in [0, 0.05) is 12.6 Å². The van der Waals surface area contributed by atoms with Crippen LogP contribution >= 0.6 is 0 Å². The number of likely N-dealkylation sites (tertiary alicyclic amines) is 1. The molecule has 1 aromatic rings. The summed E-state index contributed by atoms with van der Waals surface area (Å²) in [5, 5.41) is 10.6. The predicted octanol–water partition coefficient (Wildman–Crippen LogP) is 2.25. The lowest BCUT2D eigenvalue weighted by Gasteiger charge is -2.33. The van der Waals surface area contributed by atoms with E-state index >= 15 is 0 Å². The van der Waals surface area contributed by atoms with Crippen LogP contribution in [0.4, 0.5) is 0 Å². The minimum absolute atomic E-state index is 0.0979. The molecule has 0 aromatic heterocycles. The second-order valence-corrected chi connectivity index (χ2v) is 7.35. The third kappa shape index (κ3) is 3.45. The summed E-state index contributed by atoms with van der Waals surface area (Å²) >= 11 is 0. The number of nitrogens with two attached hydrogens (primary N) is 1. The molecule has 122 valence electrons. The highest BCUT2D eigenvalue weighted by molar-refractivity contribution is 5.40. The quantitative estimate of drug-likeness (QED) is 0.896. The maximum absolute atomic E-state index is 10.6. The summed E-state index contributed by atoms with van der Waals surface area (Å²) in [4.78, 5) is 2.35. The summed E-state index contributed by atoms with van der Waals surface area (Å²) < 4.78 is 6.00. The first-order valence-corrected chi connectivity index (χ1v) is 8.42.